The van der Waals surface area contributed by atoms with Gasteiger partial charge >= 0.3 is 0 Å². The van der Waals surface area contributed by atoms with Crippen LogP contribution in [0.2, 0.25) is 0 Å². The summed E-state index contributed by atoms with van der Waals surface area (Å²) < 4.78 is 5.91. The fourth-order valence-corrected chi connectivity index (χ4v) is 2.07. The second kappa shape index (κ2) is 4.56. The standard InChI is InChI=1S/C13H19NO/c1-10-7-8-12(9-13(10)14)15-11-5-3-2-4-6-11/h7-9,11H,2-6,14H2,1H3. The van der Waals surface area contributed by atoms with Crippen molar-refractivity contribution in [1.29, 1.82) is 0 Å². The molecule has 0 unspecified atom stereocenters. The highest BCUT2D eigenvalue weighted by Gasteiger charge is 2.14. The maximum atomic E-state index is 5.91. The minimum absolute atomic E-state index is 0.404. The average molecular weight is 205 g/mol. The van der Waals surface area contributed by atoms with Crippen LogP contribution in [0, 0.1) is 6.92 Å². The Morgan fingerprint density at radius 3 is 2.60 bits per heavy atom. The first kappa shape index (κ1) is 10.3. The van der Waals surface area contributed by atoms with E-state index in [0.717, 1.165) is 17.0 Å². The SMILES string of the molecule is Cc1ccc(OC2CCCCC2)cc1N. The van der Waals surface area contributed by atoms with Gasteiger partial charge in [0.25, 0.3) is 0 Å². The van der Waals surface area contributed by atoms with Crippen molar-refractivity contribution in [1.82, 2.24) is 0 Å². The van der Waals surface area contributed by atoms with Crippen LogP contribution >= 0.6 is 0 Å². The highest BCUT2D eigenvalue weighted by Crippen LogP contribution is 2.25. The summed E-state index contributed by atoms with van der Waals surface area (Å²) in [6.45, 7) is 2.01. The van der Waals surface area contributed by atoms with Gasteiger partial charge in [-0.3, -0.25) is 0 Å². The van der Waals surface area contributed by atoms with Crippen LogP contribution < -0.4 is 10.5 Å². The van der Waals surface area contributed by atoms with E-state index in [0.29, 0.717) is 6.10 Å². The third-order valence-corrected chi connectivity index (χ3v) is 3.11. The predicted molar refractivity (Wildman–Crippen MR) is 63.1 cm³/mol. The molecule has 0 atom stereocenters. The molecule has 0 spiro atoms. The molecule has 2 rings (SSSR count). The van der Waals surface area contributed by atoms with Crippen LogP contribution in [0.3, 0.4) is 0 Å². The summed E-state index contributed by atoms with van der Waals surface area (Å²) in [6, 6.07) is 5.97. The monoisotopic (exact) mass is 205 g/mol. The van der Waals surface area contributed by atoms with Crippen molar-refractivity contribution in [2.75, 3.05) is 5.73 Å². The normalized spacial score (nSPS) is 17.7. The van der Waals surface area contributed by atoms with Gasteiger partial charge in [0.15, 0.2) is 0 Å². The Morgan fingerprint density at radius 2 is 1.93 bits per heavy atom. The number of ether oxygens (including phenoxy) is 1. The lowest BCUT2D eigenvalue weighted by molar-refractivity contribution is 0.155. The highest BCUT2D eigenvalue weighted by atomic mass is 16.5. The Hall–Kier alpha value is -1.18. The van der Waals surface area contributed by atoms with Gasteiger partial charge in [0.05, 0.1) is 6.10 Å². The third kappa shape index (κ3) is 2.65. The first-order valence-electron chi connectivity index (χ1n) is 5.78. The Kier molecular flexibility index (Phi) is 3.14. The molecule has 1 fully saturated rings. The van der Waals surface area contributed by atoms with E-state index < -0.39 is 0 Å². The van der Waals surface area contributed by atoms with E-state index in [1.807, 2.05) is 25.1 Å². The molecule has 82 valence electrons. The van der Waals surface area contributed by atoms with Crippen LogP contribution in [-0.2, 0) is 0 Å². The first-order valence-corrected chi connectivity index (χ1v) is 5.78. The van der Waals surface area contributed by atoms with Crippen molar-refractivity contribution in [3.63, 3.8) is 0 Å². The molecule has 1 aromatic carbocycles. The van der Waals surface area contributed by atoms with Crippen LogP contribution in [0.5, 0.6) is 5.75 Å². The lowest BCUT2D eigenvalue weighted by Gasteiger charge is -2.23. The zero-order chi connectivity index (χ0) is 10.7. The number of nitrogens with two attached hydrogens (primary N) is 1. The zero-order valence-corrected chi connectivity index (χ0v) is 9.33. The van der Waals surface area contributed by atoms with Gasteiger partial charge in [-0.25, -0.2) is 0 Å². The van der Waals surface area contributed by atoms with Gasteiger partial charge in [0.2, 0.25) is 0 Å². The molecule has 0 radical (unpaired) electrons. The number of benzene rings is 1. The molecule has 2 heteroatoms. The van der Waals surface area contributed by atoms with Crippen LogP contribution in [0.25, 0.3) is 0 Å². The van der Waals surface area contributed by atoms with Crippen molar-refractivity contribution < 1.29 is 4.74 Å². The van der Waals surface area contributed by atoms with Crippen molar-refractivity contribution >= 4 is 5.69 Å². The number of aryl methyl sites for hydroxylation is 1. The number of hydrogen-bond donors (Lipinski definition) is 1. The molecule has 0 aliphatic heterocycles. The first-order chi connectivity index (χ1) is 7.25. The third-order valence-electron chi connectivity index (χ3n) is 3.11. The highest BCUT2D eigenvalue weighted by molar-refractivity contribution is 5.50. The fraction of sp³-hybridized carbons (Fsp3) is 0.538. The summed E-state index contributed by atoms with van der Waals surface area (Å²) in [5.41, 5.74) is 7.78. The molecule has 0 aromatic heterocycles. The summed E-state index contributed by atoms with van der Waals surface area (Å²) in [7, 11) is 0. The van der Waals surface area contributed by atoms with Gasteiger partial charge in [-0.15, -0.1) is 0 Å². The molecule has 15 heavy (non-hydrogen) atoms. The molecule has 0 amide bonds. The predicted octanol–water partition coefficient (Wildman–Crippen LogP) is 3.29. The van der Waals surface area contributed by atoms with Crippen molar-refractivity contribution in [3.05, 3.63) is 23.8 Å². The van der Waals surface area contributed by atoms with E-state index in [-0.39, 0.29) is 0 Å². The Bertz CT molecular complexity index is 329. The minimum Gasteiger partial charge on any atom is -0.490 e. The van der Waals surface area contributed by atoms with Crippen LogP contribution in [-0.4, -0.2) is 6.10 Å². The number of hydrogen-bond acceptors (Lipinski definition) is 2. The molecule has 1 aromatic rings. The summed E-state index contributed by atoms with van der Waals surface area (Å²) in [4.78, 5) is 0. The topological polar surface area (TPSA) is 35.2 Å². The van der Waals surface area contributed by atoms with Crippen LogP contribution in [0.15, 0.2) is 18.2 Å². The largest absolute Gasteiger partial charge is 0.490 e. The Morgan fingerprint density at radius 1 is 1.20 bits per heavy atom. The molecule has 1 aliphatic rings. The van der Waals surface area contributed by atoms with E-state index in [2.05, 4.69) is 0 Å². The summed E-state index contributed by atoms with van der Waals surface area (Å²) in [6.07, 6.45) is 6.73. The van der Waals surface area contributed by atoms with E-state index in [4.69, 9.17) is 10.5 Å². The van der Waals surface area contributed by atoms with E-state index in [1.54, 1.807) is 0 Å². The number of anilines is 1. The maximum absolute atomic E-state index is 5.91. The van der Waals surface area contributed by atoms with Crippen LogP contribution in [0.1, 0.15) is 37.7 Å². The lowest BCUT2D eigenvalue weighted by atomic mass is 9.98. The second-order valence-corrected chi connectivity index (χ2v) is 4.40. The van der Waals surface area contributed by atoms with Gasteiger partial charge in [-0.05, 0) is 44.2 Å². The van der Waals surface area contributed by atoms with Crippen LogP contribution in [0.4, 0.5) is 5.69 Å². The van der Waals surface area contributed by atoms with Crippen molar-refractivity contribution in [2.24, 2.45) is 0 Å². The average Bonchev–Trinajstić information content (AvgIpc) is 2.25. The molecular formula is C13H19NO. The molecule has 1 aliphatic carbocycles. The molecule has 0 saturated heterocycles. The molecular weight excluding hydrogens is 186 g/mol. The Balaban J connectivity index is 2.00. The van der Waals surface area contributed by atoms with E-state index in [9.17, 15) is 0 Å². The van der Waals surface area contributed by atoms with Gasteiger partial charge in [0, 0.05) is 11.8 Å². The fourth-order valence-electron chi connectivity index (χ4n) is 2.07. The molecule has 1 saturated carbocycles. The van der Waals surface area contributed by atoms with E-state index in [1.165, 1.54) is 32.1 Å². The molecule has 2 N–H and O–H groups in total. The summed E-state index contributed by atoms with van der Waals surface area (Å²) in [5, 5.41) is 0. The smallest absolute Gasteiger partial charge is 0.121 e. The van der Waals surface area contributed by atoms with E-state index >= 15 is 0 Å². The molecule has 2 nitrogen and oxygen atoms in total. The Labute approximate surface area is 91.4 Å². The zero-order valence-electron chi connectivity index (χ0n) is 9.33. The lowest BCUT2D eigenvalue weighted by Crippen LogP contribution is -2.19. The van der Waals surface area contributed by atoms with Gasteiger partial charge < -0.3 is 10.5 Å². The summed E-state index contributed by atoms with van der Waals surface area (Å²) >= 11 is 0. The quantitative estimate of drug-likeness (QED) is 0.752. The van der Waals surface area contributed by atoms with Gasteiger partial charge in [0.1, 0.15) is 5.75 Å². The maximum Gasteiger partial charge on any atom is 0.121 e. The van der Waals surface area contributed by atoms with Crippen molar-refractivity contribution in [2.45, 2.75) is 45.1 Å². The van der Waals surface area contributed by atoms with Gasteiger partial charge in [-0.2, -0.15) is 0 Å². The number of nitrogen functional groups attached to an aromatic ring is 1. The summed E-state index contributed by atoms with van der Waals surface area (Å²) in [5.74, 6) is 0.921. The van der Waals surface area contributed by atoms with Crippen molar-refractivity contribution in [3.8, 4) is 5.75 Å². The minimum atomic E-state index is 0.404. The van der Waals surface area contributed by atoms with Gasteiger partial charge in [-0.1, -0.05) is 12.5 Å². The number of rotatable bonds is 2. The molecule has 0 bridgehead atoms. The second-order valence-electron chi connectivity index (χ2n) is 4.40. The molecule has 0 heterocycles.